The van der Waals surface area contributed by atoms with Gasteiger partial charge in [-0.3, -0.25) is 0 Å². The molecule has 1 fully saturated rings. The number of likely N-dealkylation sites (tertiary alicyclic amines) is 1. The number of ether oxygens (including phenoxy) is 2. The first-order valence-electron chi connectivity index (χ1n) is 12.8. The number of methoxy groups -OCH3 is 1. The van der Waals surface area contributed by atoms with Gasteiger partial charge >= 0.3 is 11.9 Å². The number of hydrogen-bond donors (Lipinski definition) is 2. The van der Waals surface area contributed by atoms with Crippen molar-refractivity contribution in [3.05, 3.63) is 95.8 Å². The van der Waals surface area contributed by atoms with Crippen LogP contribution in [0.2, 0.25) is 0 Å². The third kappa shape index (κ3) is 7.26. The Morgan fingerprint density at radius 3 is 2.45 bits per heavy atom. The van der Waals surface area contributed by atoms with Crippen LogP contribution >= 0.6 is 0 Å². The summed E-state index contributed by atoms with van der Waals surface area (Å²) in [6.45, 7) is 4.27. The number of fused-ring (bicyclic) bond motifs is 2. The maximum Gasteiger partial charge on any atom is 0.328 e. The molecule has 0 aliphatic carbocycles. The lowest BCUT2D eigenvalue weighted by molar-refractivity contribution is -0.134. The van der Waals surface area contributed by atoms with E-state index in [2.05, 4.69) is 70.3 Å². The van der Waals surface area contributed by atoms with Crippen LogP contribution in [0, 0.1) is 5.92 Å². The topological polar surface area (TPSA) is 101 Å². The Bertz CT molecular complexity index is 1240. The van der Waals surface area contributed by atoms with Gasteiger partial charge in [0.1, 0.15) is 17.6 Å². The fourth-order valence-corrected chi connectivity index (χ4v) is 5.03. The largest absolute Gasteiger partial charge is 0.497 e. The molecule has 8 nitrogen and oxygen atoms in total. The second kappa shape index (κ2) is 13.0. The smallest absolute Gasteiger partial charge is 0.328 e. The molecule has 3 aromatic rings. The molecule has 3 heterocycles. The van der Waals surface area contributed by atoms with Gasteiger partial charge in [0.2, 0.25) is 0 Å². The third-order valence-corrected chi connectivity index (χ3v) is 7.00. The molecule has 0 saturated carbocycles. The minimum absolute atomic E-state index is 0.143. The molecule has 0 spiro atoms. The van der Waals surface area contributed by atoms with Crippen LogP contribution in [0.3, 0.4) is 0 Å². The number of carboxylic acids is 2. The van der Waals surface area contributed by atoms with Crippen molar-refractivity contribution in [1.82, 2.24) is 9.47 Å². The van der Waals surface area contributed by atoms with Crippen molar-refractivity contribution in [2.75, 3.05) is 26.7 Å². The van der Waals surface area contributed by atoms with Gasteiger partial charge in [-0.15, -0.1) is 0 Å². The van der Waals surface area contributed by atoms with E-state index >= 15 is 0 Å². The zero-order chi connectivity index (χ0) is 26.9. The van der Waals surface area contributed by atoms with Gasteiger partial charge < -0.3 is 29.2 Å². The van der Waals surface area contributed by atoms with Crippen LogP contribution < -0.4 is 9.47 Å². The fraction of sp³-hybridized carbons (Fsp3) is 0.333. The Labute approximate surface area is 222 Å². The molecule has 2 aliphatic rings. The molecular formula is C30H34N2O6. The number of aromatic nitrogens is 1. The molecule has 2 aliphatic heterocycles. The number of carboxylic acid groups (broad SMARTS) is 2. The SMILES string of the molecule is COc1cccc(CCN2CCC(C3Oc4ccccc4Cn4cccc43)CC2)c1.O=C(O)C=CC(=O)O. The molecule has 200 valence electrons. The van der Waals surface area contributed by atoms with Gasteiger partial charge in [-0.05, 0) is 68.2 Å². The monoisotopic (exact) mass is 518 g/mol. The quantitative estimate of drug-likeness (QED) is 0.439. The second-order valence-corrected chi connectivity index (χ2v) is 9.50. The summed E-state index contributed by atoms with van der Waals surface area (Å²) in [6.07, 6.45) is 6.87. The average molecular weight is 519 g/mol. The summed E-state index contributed by atoms with van der Waals surface area (Å²) >= 11 is 0. The molecule has 5 rings (SSSR count). The number of benzene rings is 2. The first-order chi connectivity index (χ1) is 18.4. The molecule has 0 bridgehead atoms. The molecule has 2 aromatic carbocycles. The lowest BCUT2D eigenvalue weighted by Gasteiger charge is -2.36. The molecule has 1 unspecified atom stereocenters. The Morgan fingerprint density at radius 1 is 1.00 bits per heavy atom. The van der Waals surface area contributed by atoms with Crippen LogP contribution in [0.1, 0.15) is 35.8 Å². The van der Waals surface area contributed by atoms with Gasteiger partial charge in [0, 0.05) is 36.4 Å². The first kappa shape index (κ1) is 27.0. The summed E-state index contributed by atoms with van der Waals surface area (Å²) in [5.74, 6) is 0.0318. The molecule has 0 amide bonds. The molecule has 8 heteroatoms. The van der Waals surface area contributed by atoms with Gasteiger partial charge in [-0.25, -0.2) is 9.59 Å². The number of hydrogen-bond acceptors (Lipinski definition) is 5. The van der Waals surface area contributed by atoms with Crippen LogP contribution in [-0.2, 0) is 22.6 Å². The van der Waals surface area contributed by atoms with E-state index in [9.17, 15) is 9.59 Å². The molecular weight excluding hydrogens is 484 g/mol. The van der Waals surface area contributed by atoms with E-state index in [1.807, 2.05) is 6.07 Å². The van der Waals surface area contributed by atoms with Gasteiger partial charge in [-0.2, -0.15) is 0 Å². The number of piperidine rings is 1. The van der Waals surface area contributed by atoms with Crippen LogP contribution in [-0.4, -0.2) is 58.4 Å². The van der Waals surface area contributed by atoms with Crippen LogP contribution in [0.4, 0.5) is 0 Å². The van der Waals surface area contributed by atoms with E-state index in [0.29, 0.717) is 18.1 Å². The Kier molecular flexibility index (Phi) is 9.21. The highest BCUT2D eigenvalue weighted by Gasteiger charge is 2.33. The Balaban J connectivity index is 0.000000368. The highest BCUT2D eigenvalue weighted by Crippen LogP contribution is 2.39. The minimum Gasteiger partial charge on any atom is -0.497 e. The molecule has 1 atom stereocenters. The van der Waals surface area contributed by atoms with Crippen molar-refractivity contribution in [3.63, 3.8) is 0 Å². The predicted molar refractivity (Wildman–Crippen MR) is 144 cm³/mol. The molecule has 1 aromatic heterocycles. The number of aliphatic carboxylic acids is 2. The standard InChI is InChI=1S/C26H30N2O2.C4H4O4/c1-29-23-8-4-6-20(18-23)11-15-27-16-12-21(13-17-27)26-24-9-5-14-28(24)19-22-7-2-3-10-25(22)30-26;5-3(6)1-2-4(7)8/h2-10,14,18,21,26H,11-13,15-17,19H2,1H3;1-2H,(H,5,6)(H,7,8). The van der Waals surface area contributed by atoms with Crippen molar-refractivity contribution < 1.29 is 29.3 Å². The van der Waals surface area contributed by atoms with Gasteiger partial charge in [-0.1, -0.05) is 30.3 Å². The summed E-state index contributed by atoms with van der Waals surface area (Å²) in [7, 11) is 1.73. The highest BCUT2D eigenvalue weighted by atomic mass is 16.5. The number of nitrogens with zero attached hydrogens (tertiary/aromatic N) is 2. The van der Waals surface area contributed by atoms with E-state index in [0.717, 1.165) is 44.1 Å². The lowest BCUT2D eigenvalue weighted by atomic mass is 9.89. The van der Waals surface area contributed by atoms with Gasteiger partial charge in [0.25, 0.3) is 0 Å². The number of rotatable bonds is 7. The average Bonchev–Trinajstić information content (AvgIpc) is 3.32. The van der Waals surface area contributed by atoms with E-state index < -0.39 is 11.9 Å². The van der Waals surface area contributed by atoms with Crippen molar-refractivity contribution in [1.29, 1.82) is 0 Å². The Morgan fingerprint density at radius 2 is 1.74 bits per heavy atom. The minimum atomic E-state index is -1.26. The van der Waals surface area contributed by atoms with E-state index in [4.69, 9.17) is 19.7 Å². The first-order valence-corrected chi connectivity index (χ1v) is 12.8. The maximum atomic E-state index is 9.55. The van der Waals surface area contributed by atoms with Crippen LogP contribution in [0.25, 0.3) is 0 Å². The van der Waals surface area contributed by atoms with Crippen LogP contribution in [0.5, 0.6) is 11.5 Å². The van der Waals surface area contributed by atoms with Crippen LogP contribution in [0.15, 0.2) is 79.0 Å². The van der Waals surface area contributed by atoms with Gasteiger partial charge in [0.05, 0.1) is 19.3 Å². The predicted octanol–water partition coefficient (Wildman–Crippen LogP) is 4.65. The summed E-state index contributed by atoms with van der Waals surface area (Å²) in [6, 6.07) is 21.3. The van der Waals surface area contributed by atoms with Crippen molar-refractivity contribution in [2.45, 2.75) is 31.9 Å². The van der Waals surface area contributed by atoms with Crippen molar-refractivity contribution in [2.24, 2.45) is 5.92 Å². The zero-order valence-corrected chi connectivity index (χ0v) is 21.5. The summed E-state index contributed by atoms with van der Waals surface area (Å²) in [5.41, 5.74) is 3.94. The maximum absolute atomic E-state index is 9.55. The third-order valence-electron chi connectivity index (χ3n) is 7.00. The summed E-state index contributed by atoms with van der Waals surface area (Å²) in [5, 5.41) is 15.6. The molecule has 0 radical (unpaired) electrons. The number of para-hydroxylation sites is 1. The van der Waals surface area contributed by atoms with E-state index in [-0.39, 0.29) is 6.10 Å². The Hall–Kier alpha value is -4.04. The number of carbonyl (C=O) groups is 2. The molecule has 2 N–H and O–H groups in total. The molecule has 38 heavy (non-hydrogen) atoms. The highest BCUT2D eigenvalue weighted by molar-refractivity contribution is 5.89. The summed E-state index contributed by atoms with van der Waals surface area (Å²) in [4.78, 5) is 21.7. The van der Waals surface area contributed by atoms with Gasteiger partial charge in [0.15, 0.2) is 0 Å². The van der Waals surface area contributed by atoms with E-state index in [1.165, 1.54) is 29.7 Å². The van der Waals surface area contributed by atoms with Crippen molar-refractivity contribution in [3.8, 4) is 11.5 Å². The fourth-order valence-electron chi connectivity index (χ4n) is 5.03. The normalized spacial score (nSPS) is 17.3. The molecule has 1 saturated heterocycles. The zero-order valence-electron chi connectivity index (χ0n) is 21.5. The summed E-state index contributed by atoms with van der Waals surface area (Å²) < 4.78 is 14.3. The lowest BCUT2D eigenvalue weighted by Crippen LogP contribution is -2.38. The van der Waals surface area contributed by atoms with Crippen molar-refractivity contribution >= 4 is 11.9 Å². The van der Waals surface area contributed by atoms with E-state index in [1.54, 1.807) is 7.11 Å². The second-order valence-electron chi connectivity index (χ2n) is 9.50.